The Kier molecular flexibility index (Phi) is 5.35. The summed E-state index contributed by atoms with van der Waals surface area (Å²) in [6.45, 7) is 10.7. The normalized spacial score (nSPS) is 33.7. The maximum atomic E-state index is 12.3. The van der Waals surface area contributed by atoms with Crippen molar-refractivity contribution in [3.63, 3.8) is 0 Å². The predicted octanol–water partition coefficient (Wildman–Crippen LogP) is 5.57. The van der Waals surface area contributed by atoms with Gasteiger partial charge < -0.3 is 9.47 Å². The van der Waals surface area contributed by atoms with Crippen molar-refractivity contribution in [2.45, 2.75) is 110 Å². The first-order valence-corrected chi connectivity index (χ1v) is 10.3. The summed E-state index contributed by atoms with van der Waals surface area (Å²) in [7, 11) is 0. The molecule has 0 spiro atoms. The third-order valence-electron chi connectivity index (χ3n) is 6.45. The van der Waals surface area contributed by atoms with Gasteiger partial charge >= 0.3 is 0 Å². The fourth-order valence-corrected chi connectivity index (χ4v) is 5.20. The van der Waals surface area contributed by atoms with Crippen LogP contribution in [0.25, 0.3) is 0 Å². The van der Waals surface area contributed by atoms with Gasteiger partial charge in [0.2, 0.25) is 0 Å². The lowest BCUT2D eigenvalue weighted by atomic mass is 9.66. The Balaban J connectivity index is 1.50. The molecule has 0 aromatic rings. The van der Waals surface area contributed by atoms with Gasteiger partial charge in [0.25, 0.3) is 0 Å². The Morgan fingerprint density at radius 2 is 2.00 bits per heavy atom. The molecule has 3 rings (SSSR count). The molecule has 142 valence electrons. The molecule has 0 N–H and O–H groups in total. The lowest BCUT2D eigenvalue weighted by Crippen LogP contribution is -2.36. The molecular weight excluding hydrogens is 312 g/mol. The molecule has 0 saturated heterocycles. The van der Waals surface area contributed by atoms with Crippen LogP contribution in [0.15, 0.2) is 11.3 Å². The Morgan fingerprint density at radius 3 is 2.72 bits per heavy atom. The zero-order valence-corrected chi connectivity index (χ0v) is 16.8. The summed E-state index contributed by atoms with van der Waals surface area (Å²) in [5.41, 5.74) is 1.34. The van der Waals surface area contributed by atoms with Gasteiger partial charge in [-0.3, -0.25) is 4.79 Å². The Morgan fingerprint density at radius 1 is 1.24 bits per heavy atom. The number of fused-ring (bicyclic) bond motifs is 2. The van der Waals surface area contributed by atoms with E-state index in [4.69, 9.17) is 9.47 Å². The minimum Gasteiger partial charge on any atom is -0.495 e. The fraction of sp³-hybridized carbons (Fsp3) is 0.864. The molecule has 1 saturated carbocycles. The molecule has 3 unspecified atom stereocenters. The van der Waals surface area contributed by atoms with Crippen molar-refractivity contribution in [2.24, 2.45) is 11.3 Å². The average Bonchev–Trinajstić information content (AvgIpc) is 2.81. The van der Waals surface area contributed by atoms with Crippen LogP contribution in [0.4, 0.5) is 0 Å². The molecule has 25 heavy (non-hydrogen) atoms. The number of rotatable bonds is 5. The number of ether oxygens (including phenoxy) is 2. The molecule has 0 radical (unpaired) electrons. The van der Waals surface area contributed by atoms with E-state index in [1.54, 1.807) is 0 Å². The molecule has 3 nitrogen and oxygen atoms in total. The van der Waals surface area contributed by atoms with Crippen LogP contribution in [0.3, 0.4) is 0 Å². The SMILES string of the molecule is CC(CCCC1CCC2=C(CC[C@]3(C)C(=O)CCC23)O1)OC(C)(C)C. The lowest BCUT2D eigenvalue weighted by molar-refractivity contribution is -0.127. The van der Waals surface area contributed by atoms with Crippen molar-refractivity contribution in [3.8, 4) is 0 Å². The summed E-state index contributed by atoms with van der Waals surface area (Å²) < 4.78 is 12.4. The minimum absolute atomic E-state index is 0.0616. The van der Waals surface area contributed by atoms with E-state index in [0.717, 1.165) is 57.8 Å². The highest BCUT2D eigenvalue weighted by Crippen LogP contribution is 2.54. The molecule has 0 bridgehead atoms. The fourth-order valence-electron chi connectivity index (χ4n) is 5.20. The van der Waals surface area contributed by atoms with Crippen LogP contribution in [0.1, 0.15) is 92.4 Å². The number of hydrogen-bond acceptors (Lipinski definition) is 3. The van der Waals surface area contributed by atoms with Gasteiger partial charge in [-0.15, -0.1) is 0 Å². The average molecular weight is 349 g/mol. The summed E-state index contributed by atoms with van der Waals surface area (Å²) in [5, 5.41) is 0. The third kappa shape index (κ3) is 4.13. The second-order valence-electron chi connectivity index (χ2n) is 9.63. The molecule has 3 aliphatic rings. The molecule has 0 amide bonds. The summed E-state index contributed by atoms with van der Waals surface area (Å²) >= 11 is 0. The van der Waals surface area contributed by atoms with Crippen molar-refractivity contribution in [3.05, 3.63) is 11.3 Å². The van der Waals surface area contributed by atoms with Crippen molar-refractivity contribution in [1.29, 1.82) is 0 Å². The van der Waals surface area contributed by atoms with E-state index in [9.17, 15) is 4.79 Å². The minimum atomic E-state index is -0.0885. The van der Waals surface area contributed by atoms with Gasteiger partial charge in [0, 0.05) is 18.3 Å². The number of Topliss-reactive ketones (excluding diaryl/α,β-unsaturated/α-hetero) is 1. The van der Waals surface area contributed by atoms with Crippen LogP contribution in [0.2, 0.25) is 0 Å². The van der Waals surface area contributed by atoms with Gasteiger partial charge in [-0.2, -0.15) is 0 Å². The first-order chi connectivity index (χ1) is 11.7. The number of carbonyl (C=O) groups is 1. The Bertz CT molecular complexity index is 542. The Labute approximate surface area is 153 Å². The van der Waals surface area contributed by atoms with Gasteiger partial charge in [0.05, 0.1) is 23.6 Å². The standard InChI is InChI=1S/C22H36O3/c1-15(25-21(2,3)4)7-6-8-16-9-10-17-18-11-12-20(23)22(18,5)14-13-19(17)24-16/h15-16,18H,6-14H2,1-5H3/t15?,16?,18?,22-/m0/s1. The quantitative estimate of drug-likeness (QED) is 0.651. The van der Waals surface area contributed by atoms with E-state index in [1.165, 1.54) is 11.3 Å². The highest BCUT2D eigenvalue weighted by molar-refractivity contribution is 5.87. The zero-order valence-electron chi connectivity index (χ0n) is 16.8. The van der Waals surface area contributed by atoms with Crippen LogP contribution in [0, 0.1) is 11.3 Å². The number of carbonyl (C=O) groups excluding carboxylic acids is 1. The number of allylic oxidation sites excluding steroid dienone is 2. The van der Waals surface area contributed by atoms with Gasteiger partial charge in [0.1, 0.15) is 5.78 Å². The van der Waals surface area contributed by atoms with Gasteiger partial charge in [-0.1, -0.05) is 6.92 Å². The molecule has 1 heterocycles. The molecule has 2 aliphatic carbocycles. The molecule has 0 aromatic carbocycles. The predicted molar refractivity (Wildman–Crippen MR) is 100 cm³/mol. The monoisotopic (exact) mass is 348 g/mol. The van der Waals surface area contributed by atoms with E-state index >= 15 is 0 Å². The highest BCUT2D eigenvalue weighted by Gasteiger charge is 2.51. The third-order valence-corrected chi connectivity index (χ3v) is 6.45. The van der Waals surface area contributed by atoms with Crippen LogP contribution < -0.4 is 0 Å². The first-order valence-electron chi connectivity index (χ1n) is 10.3. The van der Waals surface area contributed by atoms with Crippen LogP contribution in [-0.4, -0.2) is 23.6 Å². The zero-order chi connectivity index (χ0) is 18.2. The summed E-state index contributed by atoms with van der Waals surface area (Å²) in [5.74, 6) is 2.19. The van der Waals surface area contributed by atoms with Crippen molar-refractivity contribution in [1.82, 2.24) is 0 Å². The number of ketones is 1. The van der Waals surface area contributed by atoms with Crippen molar-refractivity contribution in [2.75, 3.05) is 0 Å². The lowest BCUT2D eigenvalue weighted by Gasteiger charge is -2.41. The van der Waals surface area contributed by atoms with E-state index < -0.39 is 0 Å². The van der Waals surface area contributed by atoms with Crippen LogP contribution >= 0.6 is 0 Å². The van der Waals surface area contributed by atoms with Gasteiger partial charge in [-0.25, -0.2) is 0 Å². The smallest absolute Gasteiger partial charge is 0.139 e. The number of hydrogen-bond donors (Lipinski definition) is 0. The molecule has 3 heteroatoms. The Hall–Kier alpha value is -0.830. The molecule has 1 aliphatic heterocycles. The first kappa shape index (κ1) is 18.9. The van der Waals surface area contributed by atoms with Crippen molar-refractivity contribution >= 4 is 5.78 Å². The van der Waals surface area contributed by atoms with E-state index in [0.29, 0.717) is 23.9 Å². The highest BCUT2D eigenvalue weighted by atomic mass is 16.5. The second-order valence-corrected chi connectivity index (χ2v) is 9.63. The van der Waals surface area contributed by atoms with E-state index in [-0.39, 0.29) is 11.0 Å². The maximum Gasteiger partial charge on any atom is 0.139 e. The molecule has 0 aromatic heterocycles. The van der Waals surface area contributed by atoms with Gasteiger partial charge in [0.15, 0.2) is 0 Å². The van der Waals surface area contributed by atoms with Gasteiger partial charge in [-0.05, 0) is 84.1 Å². The summed E-state index contributed by atoms with van der Waals surface area (Å²) in [6.07, 6.45) is 10.1. The maximum absolute atomic E-state index is 12.3. The van der Waals surface area contributed by atoms with Crippen LogP contribution in [0.5, 0.6) is 0 Å². The largest absolute Gasteiger partial charge is 0.495 e. The summed E-state index contributed by atoms with van der Waals surface area (Å²) in [6, 6.07) is 0. The second kappa shape index (κ2) is 7.06. The molecule has 4 atom stereocenters. The van der Waals surface area contributed by atoms with Crippen molar-refractivity contribution < 1.29 is 14.3 Å². The van der Waals surface area contributed by atoms with E-state index in [2.05, 4.69) is 34.6 Å². The topological polar surface area (TPSA) is 35.5 Å². The molecular formula is C22H36O3. The summed E-state index contributed by atoms with van der Waals surface area (Å²) in [4.78, 5) is 12.3. The molecule has 1 fully saturated rings. The van der Waals surface area contributed by atoms with E-state index in [1.807, 2.05) is 0 Å². The van der Waals surface area contributed by atoms with Crippen LogP contribution in [-0.2, 0) is 14.3 Å².